The highest BCUT2D eigenvalue weighted by atomic mass is 35.5. The number of aliphatic hydroxyl groups is 1. The van der Waals surface area contributed by atoms with Gasteiger partial charge in [0.1, 0.15) is 23.0 Å². The Morgan fingerprint density at radius 2 is 0.815 bits per heavy atom. The summed E-state index contributed by atoms with van der Waals surface area (Å²) in [7, 11) is 5.85. The molecule has 24 heteroatoms. The second-order valence-corrected chi connectivity index (χ2v) is 37.7. The standard InChI is InChI=1S/C41H47ClN4O3.C36H37Cl2N3O3.C34H37ClN4O3/c1-25-20-31(21-26(2)40(25)42)49-19-11-14-33-32-12-10-13-34(39-27(3)44-45(6)28(39)4)36(32)23-37(33)41(48)43-24-30-15-16-38(35(22-30)29(5)47)46-17-8-7-9-18-46;1-20-15-27(16-21(2)35(20)38)44-14-8-11-28-29-12-13-32(37)34(33-22(3)40-41(6)23(33)4)30(29)18-31(28)36(43)39-19-25-9-7-10-26(17-25)24(5)42;1-19-13-25(14-20(2)33(19)35)42-12-8-11-27-26-9-7-10-28(32-21(3)38-39(6)22(32)4)29(26)16-30(27)34(41)37-18-24-15-31(23(5)40)36-17-24/h10,12-13,15-16,20-22H,7-9,11,14,17-19,23-24H2,1-6H3,(H,43,48);7,9-10,12-13,15-17H,8,11,14,18-19H2,1-6H3,(H,39,43);7,9-10,13-15,17,36,40H,5,8,11-12,16,18H2,1-4,6H3,(H,37,41). The molecule has 0 spiro atoms. The molecule has 1 saturated heterocycles. The van der Waals surface area contributed by atoms with Crippen molar-refractivity contribution >= 4 is 104 Å². The van der Waals surface area contributed by atoms with Crippen LogP contribution in [0.1, 0.15) is 216 Å². The molecule has 12 aromatic rings. The fraction of sp³-hybridized carbons (Fsp3) is 0.333. The van der Waals surface area contributed by atoms with Crippen molar-refractivity contribution in [2.75, 3.05) is 37.8 Å². The summed E-state index contributed by atoms with van der Waals surface area (Å²) in [5.74, 6) is 2.09. The molecule has 5 heterocycles. The third-order valence-corrected chi connectivity index (χ3v) is 28.6. The predicted molar refractivity (Wildman–Crippen MR) is 545 cm³/mol. The maximum absolute atomic E-state index is 14.1. The van der Waals surface area contributed by atoms with Crippen LogP contribution in [-0.4, -0.2) is 102 Å². The fourth-order valence-corrected chi connectivity index (χ4v) is 20.0. The lowest BCUT2D eigenvalue weighted by molar-refractivity contribution is -0.118. The molecule has 0 bridgehead atoms. The summed E-state index contributed by atoms with van der Waals surface area (Å²) in [4.78, 5) is 71.4. The van der Waals surface area contributed by atoms with Gasteiger partial charge in [-0.15, -0.1) is 0 Å². The topological polar surface area (TPSA) is 242 Å². The van der Waals surface area contributed by atoms with Crippen LogP contribution < -0.4 is 35.1 Å². The highest BCUT2D eigenvalue weighted by molar-refractivity contribution is 6.34. The van der Waals surface area contributed by atoms with E-state index in [2.05, 4.69) is 98.0 Å². The Morgan fingerprint density at radius 1 is 0.430 bits per heavy atom. The van der Waals surface area contributed by atoms with Crippen molar-refractivity contribution in [2.45, 2.75) is 194 Å². The van der Waals surface area contributed by atoms with E-state index in [1.807, 2.05) is 189 Å². The van der Waals surface area contributed by atoms with Crippen molar-refractivity contribution in [2.24, 2.45) is 21.1 Å². The Balaban J connectivity index is 0.000000163. The molecule has 0 atom stereocenters. The number of H-pyrrole nitrogens is 1. The highest BCUT2D eigenvalue weighted by Gasteiger charge is 2.35. The van der Waals surface area contributed by atoms with E-state index in [1.54, 1.807) is 25.3 Å². The number of benzene rings is 8. The maximum Gasteiger partial charge on any atom is 0.248 e. The monoisotopic (exact) mass is 1890 g/mol. The molecule has 0 unspecified atom stereocenters. The number of aromatic nitrogens is 7. The van der Waals surface area contributed by atoms with Gasteiger partial charge in [0, 0.05) is 172 Å². The Labute approximate surface area is 812 Å². The number of nitrogens with zero attached hydrogens (tertiary/aromatic N) is 7. The SMILES string of the molecule is C=C(O)c1cc(CNC(=O)C2=C(CCCOc3cc(C)c(Cl)c(C)c3)c3cccc(-c4c(C)nn(C)c4C)c3C2)c[nH]1.CC(=O)c1cc(CNC(=O)C2=C(CCCOc3cc(C)c(Cl)c(C)c3)c3cccc(-c4c(C)nn(C)c4C)c3C2)ccc1N1CCCCC1.CC(=O)c1cccc(CNC(=O)C2=C(CCCOc3cc(C)c(Cl)c(C)c3)c3ccc(Cl)c(-c4c(C)nn(C)c4C)c3C2)c1. The number of aromatic amines is 1. The molecule has 4 aliphatic rings. The van der Waals surface area contributed by atoms with E-state index in [1.165, 1.54) is 13.3 Å². The zero-order chi connectivity index (χ0) is 96.7. The first-order chi connectivity index (χ1) is 64.5. The van der Waals surface area contributed by atoms with Crippen LogP contribution in [0.3, 0.4) is 0 Å². The van der Waals surface area contributed by atoms with Gasteiger partial charge in [0.25, 0.3) is 0 Å². The number of carbonyl (C=O) groups excluding carboxylic acids is 5. The normalized spacial score (nSPS) is 13.1. The van der Waals surface area contributed by atoms with Crippen molar-refractivity contribution < 1.29 is 43.3 Å². The molecule has 8 aromatic carbocycles. The lowest BCUT2D eigenvalue weighted by Crippen LogP contribution is -2.31. The van der Waals surface area contributed by atoms with Gasteiger partial charge in [0.2, 0.25) is 17.7 Å². The van der Waals surface area contributed by atoms with Crippen LogP contribution in [0.2, 0.25) is 20.1 Å². The molecule has 16 rings (SSSR count). The van der Waals surface area contributed by atoms with E-state index in [0.717, 1.165) is 273 Å². The number of amides is 3. The molecule has 0 saturated carbocycles. The lowest BCUT2D eigenvalue weighted by Gasteiger charge is -2.30. The predicted octanol–water partition coefficient (Wildman–Crippen LogP) is 24.3. The van der Waals surface area contributed by atoms with Gasteiger partial charge in [-0.1, -0.05) is 120 Å². The van der Waals surface area contributed by atoms with Gasteiger partial charge in [-0.05, 0) is 333 Å². The molecule has 0 radical (unpaired) electrons. The van der Waals surface area contributed by atoms with Gasteiger partial charge in [-0.3, -0.25) is 38.0 Å². The molecule has 135 heavy (non-hydrogen) atoms. The van der Waals surface area contributed by atoms with E-state index in [-0.39, 0.29) is 35.0 Å². The van der Waals surface area contributed by atoms with Crippen LogP contribution in [0.25, 0.3) is 55.9 Å². The number of allylic oxidation sites excluding steroid dienone is 3. The van der Waals surface area contributed by atoms with Crippen LogP contribution in [-0.2, 0) is 74.4 Å². The number of aryl methyl sites for hydroxylation is 12. The summed E-state index contributed by atoms with van der Waals surface area (Å²) in [6.07, 6.45) is 11.1. The highest BCUT2D eigenvalue weighted by Crippen LogP contribution is 2.49. The van der Waals surface area contributed by atoms with Crippen LogP contribution >= 0.6 is 46.4 Å². The number of carbonyl (C=O) groups is 5. The number of hydrogen-bond acceptors (Lipinski definition) is 13. The number of nitrogens with one attached hydrogen (secondary N) is 4. The zero-order valence-corrected chi connectivity index (χ0v) is 83.5. The van der Waals surface area contributed by atoms with Gasteiger partial charge in [-0.25, -0.2) is 0 Å². The van der Waals surface area contributed by atoms with Crippen molar-refractivity contribution in [3.63, 3.8) is 0 Å². The average molecular weight is 1900 g/mol. The molecule has 3 amide bonds. The van der Waals surface area contributed by atoms with Crippen LogP contribution in [0, 0.1) is 83.1 Å². The average Bonchev–Trinajstić information content (AvgIpc) is 1.60. The Morgan fingerprint density at radius 3 is 1.21 bits per heavy atom. The summed E-state index contributed by atoms with van der Waals surface area (Å²) in [6, 6.07) is 43.6. The first kappa shape index (κ1) is 98.5. The van der Waals surface area contributed by atoms with E-state index in [4.69, 9.17) is 60.6 Å². The van der Waals surface area contributed by atoms with Crippen molar-refractivity contribution in [3.05, 3.63) is 317 Å². The summed E-state index contributed by atoms with van der Waals surface area (Å²) in [5, 5.41) is 35.9. The van der Waals surface area contributed by atoms with Crippen molar-refractivity contribution in [1.29, 1.82) is 0 Å². The summed E-state index contributed by atoms with van der Waals surface area (Å²) < 4.78 is 24.1. The summed E-state index contributed by atoms with van der Waals surface area (Å²) in [6.45, 7) is 35.3. The minimum Gasteiger partial charge on any atom is -0.506 e. The number of anilines is 1. The number of fused-ring (bicyclic) bond motifs is 3. The van der Waals surface area contributed by atoms with Crippen LogP contribution in [0.5, 0.6) is 17.2 Å². The minimum absolute atomic E-state index is 0.00838. The number of Topliss-reactive ketones (excluding diaryl/α,β-unsaturated/α-hetero) is 2. The first-order valence-corrected chi connectivity index (χ1v) is 47.9. The summed E-state index contributed by atoms with van der Waals surface area (Å²) >= 11 is 25.9. The fourth-order valence-electron chi connectivity index (χ4n) is 19.4. The maximum atomic E-state index is 14.1. The van der Waals surface area contributed by atoms with E-state index in [0.29, 0.717) is 94.3 Å². The van der Waals surface area contributed by atoms with Crippen molar-refractivity contribution in [3.8, 4) is 50.6 Å². The third kappa shape index (κ3) is 22.1. The van der Waals surface area contributed by atoms with E-state index >= 15 is 0 Å². The molecular formula is C111H121Cl4N11O9. The number of halogens is 4. The molecule has 3 aliphatic carbocycles. The quantitative estimate of drug-likeness (QED) is 0.0154. The number of aliphatic hydroxyl groups excluding tert-OH is 1. The Bertz CT molecular complexity index is 6690. The molecule has 4 aromatic heterocycles. The van der Waals surface area contributed by atoms with Crippen molar-refractivity contribution in [1.82, 2.24) is 50.3 Å². The van der Waals surface area contributed by atoms with E-state index < -0.39 is 0 Å². The number of piperidine rings is 1. The molecule has 702 valence electrons. The second kappa shape index (κ2) is 43.0. The molecule has 1 aliphatic heterocycles. The first-order valence-electron chi connectivity index (χ1n) is 46.4. The van der Waals surface area contributed by atoms with Crippen LogP contribution in [0.4, 0.5) is 5.69 Å². The number of rotatable bonds is 31. The largest absolute Gasteiger partial charge is 0.506 e. The van der Waals surface area contributed by atoms with Gasteiger partial charge in [-0.2, -0.15) is 15.3 Å². The summed E-state index contributed by atoms with van der Waals surface area (Å²) in [5.41, 5.74) is 36.0. The molecule has 20 nitrogen and oxygen atoms in total. The van der Waals surface area contributed by atoms with Crippen LogP contribution in [0.15, 0.2) is 163 Å². The molecule has 5 N–H and O–H groups in total. The lowest BCUT2D eigenvalue weighted by atomic mass is 9.93. The van der Waals surface area contributed by atoms with Gasteiger partial charge < -0.3 is 45.2 Å². The van der Waals surface area contributed by atoms with Gasteiger partial charge in [0.05, 0.1) is 42.6 Å². The second-order valence-electron chi connectivity index (χ2n) is 36.1. The van der Waals surface area contributed by atoms with E-state index in [9.17, 15) is 29.1 Å². The number of ketones is 2. The number of ether oxygens (including phenoxy) is 3. The van der Waals surface area contributed by atoms with Gasteiger partial charge >= 0.3 is 0 Å². The smallest absolute Gasteiger partial charge is 0.248 e. The Kier molecular flexibility index (Phi) is 31.4. The minimum atomic E-state index is -0.129. The van der Waals surface area contributed by atoms with Gasteiger partial charge in [0.15, 0.2) is 11.6 Å². The number of hydrogen-bond donors (Lipinski definition) is 5. The third-order valence-electron chi connectivity index (χ3n) is 26.5. The Hall–Kier alpha value is -12.5. The molecular weight excluding hydrogens is 1770 g/mol. The zero-order valence-electron chi connectivity index (χ0n) is 80.5. The molecule has 1 fully saturated rings.